The topological polar surface area (TPSA) is 26.0 Å². The molecule has 1 unspecified atom stereocenters. The van der Waals surface area contributed by atoms with Gasteiger partial charge in [-0.3, -0.25) is 0 Å². The maximum absolute atomic E-state index is 5.80. The van der Waals surface area contributed by atoms with Crippen LogP contribution in [-0.4, -0.2) is 6.04 Å². The predicted octanol–water partition coefficient (Wildman–Crippen LogP) is 3.35. The van der Waals surface area contributed by atoms with E-state index in [4.69, 9.17) is 5.73 Å². The van der Waals surface area contributed by atoms with E-state index in [9.17, 15) is 0 Å². The van der Waals surface area contributed by atoms with Crippen LogP contribution >= 0.6 is 0 Å². The zero-order valence-electron chi connectivity index (χ0n) is 9.80. The van der Waals surface area contributed by atoms with Crippen molar-refractivity contribution in [3.63, 3.8) is 0 Å². The molecule has 0 aliphatic heterocycles. The first-order chi connectivity index (χ1) is 5.93. The summed E-state index contributed by atoms with van der Waals surface area (Å²) in [5, 5.41) is 0. The van der Waals surface area contributed by atoms with Gasteiger partial charge in [-0.2, -0.15) is 0 Å². The Balaban J connectivity index is 4.15. The second-order valence-electron chi connectivity index (χ2n) is 4.74. The van der Waals surface area contributed by atoms with Gasteiger partial charge in [0.2, 0.25) is 0 Å². The second-order valence-corrected chi connectivity index (χ2v) is 4.74. The van der Waals surface area contributed by atoms with Crippen molar-refractivity contribution in [3.8, 4) is 0 Å². The summed E-state index contributed by atoms with van der Waals surface area (Å²) in [6.07, 6.45) is 4.60. The Morgan fingerprint density at radius 3 is 2.00 bits per heavy atom. The third-order valence-corrected chi connectivity index (χ3v) is 2.15. The maximum Gasteiger partial charge on any atom is 0.00477 e. The minimum Gasteiger partial charge on any atom is -0.328 e. The van der Waals surface area contributed by atoms with Crippen LogP contribution in [0.5, 0.6) is 0 Å². The maximum atomic E-state index is 5.80. The fourth-order valence-corrected chi connectivity index (χ4v) is 1.31. The van der Waals surface area contributed by atoms with Crippen LogP contribution in [0, 0.1) is 11.8 Å². The summed E-state index contributed by atoms with van der Waals surface area (Å²) in [5.41, 5.74) is 7.31. The lowest BCUT2D eigenvalue weighted by Crippen LogP contribution is -2.17. The highest BCUT2D eigenvalue weighted by atomic mass is 14.6. The molecule has 0 aliphatic carbocycles. The van der Waals surface area contributed by atoms with E-state index in [0.717, 1.165) is 12.3 Å². The predicted molar refractivity (Wildman–Crippen MR) is 60.6 cm³/mol. The largest absolute Gasteiger partial charge is 0.328 e. The van der Waals surface area contributed by atoms with Crippen LogP contribution in [-0.2, 0) is 0 Å². The molecule has 0 aliphatic rings. The summed E-state index contributed by atoms with van der Waals surface area (Å²) >= 11 is 0. The Hall–Kier alpha value is -0.300. The first-order valence-electron chi connectivity index (χ1n) is 5.38. The second kappa shape index (κ2) is 6.20. The van der Waals surface area contributed by atoms with Gasteiger partial charge in [0, 0.05) is 6.04 Å². The van der Waals surface area contributed by atoms with E-state index in [0.29, 0.717) is 12.0 Å². The van der Waals surface area contributed by atoms with Gasteiger partial charge < -0.3 is 5.73 Å². The SMILES string of the molecule is CC(C)C/C=C(/CC(C)N)C(C)C. The Labute approximate surface area is 83.4 Å². The smallest absolute Gasteiger partial charge is 0.00477 e. The normalized spacial score (nSPS) is 15.5. The first kappa shape index (κ1) is 12.7. The van der Waals surface area contributed by atoms with Gasteiger partial charge in [-0.05, 0) is 31.6 Å². The van der Waals surface area contributed by atoms with Gasteiger partial charge in [-0.25, -0.2) is 0 Å². The van der Waals surface area contributed by atoms with E-state index >= 15 is 0 Å². The highest BCUT2D eigenvalue weighted by Crippen LogP contribution is 2.17. The van der Waals surface area contributed by atoms with Crippen molar-refractivity contribution < 1.29 is 0 Å². The van der Waals surface area contributed by atoms with Gasteiger partial charge in [-0.1, -0.05) is 39.3 Å². The van der Waals surface area contributed by atoms with Crippen molar-refractivity contribution in [2.24, 2.45) is 17.6 Å². The number of hydrogen-bond acceptors (Lipinski definition) is 1. The van der Waals surface area contributed by atoms with Crippen LogP contribution in [0.15, 0.2) is 11.6 Å². The van der Waals surface area contributed by atoms with E-state index in [-0.39, 0.29) is 0 Å². The average molecular weight is 183 g/mol. The lowest BCUT2D eigenvalue weighted by atomic mass is 9.94. The van der Waals surface area contributed by atoms with Crippen molar-refractivity contribution >= 4 is 0 Å². The van der Waals surface area contributed by atoms with Crippen LogP contribution in [0.3, 0.4) is 0 Å². The molecule has 2 N–H and O–H groups in total. The molecule has 0 heterocycles. The summed E-state index contributed by atoms with van der Waals surface area (Å²) in [6.45, 7) is 11.1. The van der Waals surface area contributed by atoms with E-state index in [2.05, 4.69) is 40.7 Å². The fraction of sp³-hybridized carbons (Fsp3) is 0.833. The standard InChI is InChI=1S/C12H25N/c1-9(2)6-7-12(10(3)4)8-11(5)13/h7,9-11H,6,8,13H2,1-5H3/b12-7-. The summed E-state index contributed by atoms with van der Waals surface area (Å²) in [5.74, 6) is 1.39. The van der Waals surface area contributed by atoms with Gasteiger partial charge in [-0.15, -0.1) is 0 Å². The van der Waals surface area contributed by atoms with Gasteiger partial charge in [0.15, 0.2) is 0 Å². The Bertz CT molecular complexity index is 155. The fourth-order valence-electron chi connectivity index (χ4n) is 1.31. The van der Waals surface area contributed by atoms with Crippen LogP contribution < -0.4 is 5.73 Å². The molecule has 13 heavy (non-hydrogen) atoms. The van der Waals surface area contributed by atoms with E-state index in [1.807, 2.05) is 0 Å². The summed E-state index contributed by atoms with van der Waals surface area (Å²) in [6, 6.07) is 0.292. The minimum atomic E-state index is 0.292. The van der Waals surface area contributed by atoms with Crippen molar-refractivity contribution in [1.29, 1.82) is 0 Å². The number of rotatable bonds is 5. The molecule has 0 spiro atoms. The Morgan fingerprint density at radius 2 is 1.69 bits per heavy atom. The Kier molecular flexibility index (Phi) is 6.06. The van der Waals surface area contributed by atoms with E-state index in [1.165, 1.54) is 12.0 Å². The van der Waals surface area contributed by atoms with Crippen molar-refractivity contribution in [2.45, 2.75) is 53.5 Å². The van der Waals surface area contributed by atoms with Crippen molar-refractivity contribution in [1.82, 2.24) is 0 Å². The summed E-state index contributed by atoms with van der Waals surface area (Å²) < 4.78 is 0. The highest BCUT2D eigenvalue weighted by Gasteiger charge is 2.05. The molecule has 0 saturated heterocycles. The van der Waals surface area contributed by atoms with Crippen molar-refractivity contribution in [3.05, 3.63) is 11.6 Å². The lowest BCUT2D eigenvalue weighted by Gasteiger charge is -2.14. The molecule has 0 amide bonds. The molecule has 1 heteroatoms. The average Bonchev–Trinajstić information content (AvgIpc) is 1.96. The van der Waals surface area contributed by atoms with Gasteiger partial charge in [0.05, 0.1) is 0 Å². The summed E-state index contributed by atoms with van der Waals surface area (Å²) in [4.78, 5) is 0. The zero-order chi connectivity index (χ0) is 10.4. The quantitative estimate of drug-likeness (QED) is 0.650. The van der Waals surface area contributed by atoms with Crippen LogP contribution in [0.2, 0.25) is 0 Å². The lowest BCUT2D eigenvalue weighted by molar-refractivity contribution is 0.615. The molecule has 0 saturated carbocycles. The highest BCUT2D eigenvalue weighted by molar-refractivity contribution is 5.06. The molecule has 0 rings (SSSR count). The van der Waals surface area contributed by atoms with Gasteiger partial charge in [0.25, 0.3) is 0 Å². The molecule has 78 valence electrons. The van der Waals surface area contributed by atoms with Gasteiger partial charge in [0.1, 0.15) is 0 Å². The molecule has 0 aromatic rings. The van der Waals surface area contributed by atoms with Crippen LogP contribution in [0.4, 0.5) is 0 Å². The molecular weight excluding hydrogens is 158 g/mol. The van der Waals surface area contributed by atoms with Crippen LogP contribution in [0.1, 0.15) is 47.5 Å². The molecule has 1 nitrogen and oxygen atoms in total. The first-order valence-corrected chi connectivity index (χ1v) is 5.38. The van der Waals surface area contributed by atoms with Gasteiger partial charge >= 0.3 is 0 Å². The third kappa shape index (κ3) is 6.83. The number of nitrogens with two attached hydrogens (primary N) is 1. The third-order valence-electron chi connectivity index (χ3n) is 2.15. The minimum absolute atomic E-state index is 0.292. The Morgan fingerprint density at radius 1 is 1.15 bits per heavy atom. The van der Waals surface area contributed by atoms with Crippen LogP contribution in [0.25, 0.3) is 0 Å². The molecular formula is C12H25N. The molecule has 0 aromatic heterocycles. The number of hydrogen-bond donors (Lipinski definition) is 1. The molecule has 0 radical (unpaired) electrons. The monoisotopic (exact) mass is 183 g/mol. The van der Waals surface area contributed by atoms with E-state index < -0.39 is 0 Å². The molecule has 0 aromatic carbocycles. The molecule has 0 bridgehead atoms. The summed E-state index contributed by atoms with van der Waals surface area (Å²) in [7, 11) is 0. The number of allylic oxidation sites excluding steroid dienone is 1. The molecule has 1 atom stereocenters. The molecule has 0 fully saturated rings. The van der Waals surface area contributed by atoms with Crippen molar-refractivity contribution in [2.75, 3.05) is 0 Å². The van der Waals surface area contributed by atoms with E-state index in [1.54, 1.807) is 0 Å². The zero-order valence-corrected chi connectivity index (χ0v) is 9.80.